The largest absolute Gasteiger partial charge is 0.540 e. The molecule has 16 aromatic rings. The molecule has 0 aliphatic heterocycles. The number of methoxy groups -OCH3 is 4. The minimum Gasteiger partial charge on any atom is -0.540 e. The molecule has 0 heterocycles. The zero-order chi connectivity index (χ0) is 86.1. The average molecular weight is 1720 g/mol. The van der Waals surface area contributed by atoms with Crippen LogP contribution in [0.15, 0.2) is 437 Å². The third kappa shape index (κ3) is 22.7. The van der Waals surface area contributed by atoms with Crippen LogP contribution >= 0.6 is 0 Å². The lowest BCUT2D eigenvalue weighted by atomic mass is 9.73. The van der Waals surface area contributed by atoms with Crippen molar-refractivity contribution in [2.45, 2.75) is 84.4 Å². The van der Waals surface area contributed by atoms with Gasteiger partial charge in [0.15, 0.2) is 23.0 Å². The van der Waals surface area contributed by atoms with E-state index < -0.39 is 45.1 Å². The molecule has 630 valence electrons. The molecule has 8 nitrogen and oxygen atoms in total. The van der Waals surface area contributed by atoms with E-state index in [2.05, 4.69) is 437 Å². The van der Waals surface area contributed by atoms with E-state index in [0.717, 1.165) is 94.8 Å². The molecular formula is C114H110O8Si4. The van der Waals surface area contributed by atoms with Crippen molar-refractivity contribution in [1.82, 2.24) is 0 Å². The molecule has 0 unspecified atom stereocenters. The molecule has 0 radical (unpaired) electrons. The van der Waals surface area contributed by atoms with Crippen molar-refractivity contribution in [3.63, 3.8) is 0 Å². The highest BCUT2D eigenvalue weighted by Crippen LogP contribution is 2.51. The van der Waals surface area contributed by atoms with Crippen molar-refractivity contribution in [2.75, 3.05) is 28.4 Å². The van der Waals surface area contributed by atoms with E-state index in [9.17, 15) is 0 Å². The van der Waals surface area contributed by atoms with Gasteiger partial charge in [-0.3, -0.25) is 0 Å². The second kappa shape index (κ2) is 42.0. The maximum absolute atomic E-state index is 8.05. The quantitative estimate of drug-likeness (QED) is 0.0351. The fourth-order valence-electron chi connectivity index (χ4n) is 18.7. The molecule has 0 fully saturated rings. The maximum atomic E-state index is 8.05. The van der Waals surface area contributed by atoms with Gasteiger partial charge in [-0.2, -0.15) is 0 Å². The molecule has 0 saturated carbocycles. The minimum absolute atomic E-state index is 0.533. The van der Waals surface area contributed by atoms with Crippen LogP contribution in [0.2, 0.25) is 0 Å². The van der Waals surface area contributed by atoms with E-state index in [1.54, 1.807) is 28.4 Å². The van der Waals surface area contributed by atoms with Crippen LogP contribution in [0.25, 0.3) is 0 Å². The van der Waals surface area contributed by atoms with E-state index in [0.29, 0.717) is 46.0 Å². The minimum atomic E-state index is -3.01. The van der Waals surface area contributed by atoms with E-state index >= 15 is 0 Å². The van der Waals surface area contributed by atoms with Crippen molar-refractivity contribution in [3.05, 3.63) is 526 Å². The fourth-order valence-corrected chi connectivity index (χ4v) is 35.4. The van der Waals surface area contributed by atoms with Crippen LogP contribution in [0.1, 0.15) is 101 Å². The smallest absolute Gasteiger partial charge is 0.264 e. The molecule has 12 heteroatoms. The predicted molar refractivity (Wildman–Crippen MR) is 523 cm³/mol. The van der Waals surface area contributed by atoms with Crippen molar-refractivity contribution >= 4 is 33.3 Å². The number of benzene rings is 16. The Labute approximate surface area is 749 Å². The molecule has 16 aromatic carbocycles. The van der Waals surface area contributed by atoms with Gasteiger partial charge in [-0.15, -0.1) is 0 Å². The third-order valence-electron chi connectivity index (χ3n) is 24.3. The van der Waals surface area contributed by atoms with Crippen molar-refractivity contribution in [1.29, 1.82) is 0 Å². The first-order valence-electron chi connectivity index (χ1n) is 43.9. The summed E-state index contributed by atoms with van der Waals surface area (Å²) in [5.41, 5.74) is 18.5. The van der Waals surface area contributed by atoms with Crippen molar-refractivity contribution in [3.8, 4) is 46.0 Å². The summed E-state index contributed by atoms with van der Waals surface area (Å²) in [5.74, 6) is 4.11. The summed E-state index contributed by atoms with van der Waals surface area (Å²) in [5, 5.41) is 0. The Kier molecular flexibility index (Phi) is 28.8. The Bertz CT molecular complexity index is 4890. The monoisotopic (exact) mass is 1720 g/mol. The zero-order valence-electron chi connectivity index (χ0n) is 72.5. The molecule has 0 aliphatic rings. The van der Waals surface area contributed by atoms with Crippen LogP contribution in [0.3, 0.4) is 0 Å². The van der Waals surface area contributed by atoms with Gasteiger partial charge in [-0.25, -0.2) is 0 Å². The Morgan fingerprint density at radius 2 is 0.270 bits per heavy atom. The van der Waals surface area contributed by atoms with Gasteiger partial charge < -0.3 is 36.7 Å². The van der Waals surface area contributed by atoms with Crippen LogP contribution in [0, 0.1) is 0 Å². The summed E-state index contributed by atoms with van der Waals surface area (Å²) < 4.78 is 59.7. The Hall–Kier alpha value is -13.2. The second-order valence-corrected chi connectivity index (χ2v) is 48.2. The summed E-state index contributed by atoms with van der Waals surface area (Å²) in [4.78, 5) is 0. The highest BCUT2D eigenvalue weighted by molar-refractivity contribution is 6.74. The van der Waals surface area contributed by atoms with Crippen LogP contribution in [-0.2, 0) is 72.5 Å². The van der Waals surface area contributed by atoms with E-state index in [-0.39, 0.29) is 0 Å². The average Bonchev–Trinajstić information content (AvgIpc) is 0.794. The number of hydrogen-bond donors (Lipinski definition) is 0. The molecule has 0 aliphatic carbocycles. The Balaban J connectivity index is 0.918. The lowest BCUT2D eigenvalue weighted by Gasteiger charge is -2.36. The predicted octanol–water partition coefficient (Wildman–Crippen LogP) is 25.4. The van der Waals surface area contributed by atoms with Gasteiger partial charge in [-0.05, 0) is 138 Å². The van der Waals surface area contributed by atoms with Gasteiger partial charge in [0.2, 0.25) is 0 Å². The number of ether oxygens (including phenoxy) is 4. The fraction of sp³-hybridized carbons (Fsp3) is 0.158. The van der Waals surface area contributed by atoms with Crippen LogP contribution in [0.4, 0.5) is 0 Å². The first kappa shape index (κ1) is 86.3. The number of hydrogen-bond acceptors (Lipinski definition) is 8. The standard InChI is InChI=1S/C114H110O8Si4/c1-115-109-73-101(65-69-105(109)119-123(77-89-41-17-5-18-42-89,78-90-43-19-6-20-44-90)79-91-45-21-7-22-46-91)113(102-66-70-106(110(74-102)116-2)120-124(80-92-47-23-8-24-48-92,81-93-49-25-9-26-50-93)82-94-51-27-10-28-52-94)114(103-67-71-107(111(75-103)117-3)121-125(83-95-53-29-11-30-54-95,84-96-55-31-12-32-56-96)85-97-57-33-13-34-58-97)104-68-72-108(112(76-104)118-4)122-126(86-98-59-35-14-36-60-98,87-99-61-37-15-38-62-99)88-100-63-39-16-40-64-100/h5-76,113-114H,77-88H2,1-4H3. The summed E-state index contributed by atoms with van der Waals surface area (Å²) in [7, 11) is -4.93. The molecule has 0 amide bonds. The van der Waals surface area contributed by atoms with Crippen LogP contribution < -0.4 is 36.7 Å². The van der Waals surface area contributed by atoms with Crippen molar-refractivity contribution < 1.29 is 36.7 Å². The van der Waals surface area contributed by atoms with Gasteiger partial charge in [0.1, 0.15) is 23.0 Å². The highest BCUT2D eigenvalue weighted by atomic mass is 28.4. The molecule has 0 saturated heterocycles. The molecule has 126 heavy (non-hydrogen) atoms. The zero-order valence-corrected chi connectivity index (χ0v) is 76.5. The van der Waals surface area contributed by atoms with Crippen molar-refractivity contribution in [2.24, 2.45) is 0 Å². The van der Waals surface area contributed by atoms with E-state index in [1.807, 2.05) is 0 Å². The van der Waals surface area contributed by atoms with Gasteiger partial charge in [-0.1, -0.05) is 388 Å². The SMILES string of the molecule is COc1cc(C(c2ccc(O[Si](Cc3ccccc3)(Cc3ccccc3)Cc3ccccc3)c(OC)c2)C(c2ccc(O[Si](Cc3ccccc3)(Cc3ccccc3)Cc3ccccc3)c(OC)c2)c2ccc(O[Si](Cc3ccccc3)(Cc3ccccc3)Cc3ccccc3)c(OC)c2)ccc1O[Si](Cc1ccccc1)(Cc1ccccc1)Cc1ccccc1. The normalized spacial score (nSPS) is 11.7. The molecule has 0 atom stereocenters. The summed E-state index contributed by atoms with van der Waals surface area (Å²) in [6, 6.07) is 166. The van der Waals surface area contributed by atoms with Crippen LogP contribution in [0.5, 0.6) is 46.0 Å². The molecule has 16 rings (SSSR count). The van der Waals surface area contributed by atoms with Gasteiger partial charge >= 0.3 is 0 Å². The lowest BCUT2D eigenvalue weighted by molar-refractivity contribution is 0.385. The summed E-state index contributed by atoms with van der Waals surface area (Å²) >= 11 is 0. The first-order chi connectivity index (χ1) is 62.0. The van der Waals surface area contributed by atoms with Gasteiger partial charge in [0.05, 0.1) is 28.4 Å². The first-order valence-corrected chi connectivity index (χ1v) is 54.1. The maximum Gasteiger partial charge on any atom is 0.264 e. The molecule has 0 aromatic heterocycles. The molecule has 0 N–H and O–H groups in total. The summed E-state index contributed by atoms with van der Waals surface area (Å²) in [6.07, 6.45) is 0. The van der Waals surface area contributed by atoms with E-state index in [1.165, 1.54) is 66.8 Å². The Morgan fingerprint density at radius 3 is 0.381 bits per heavy atom. The topological polar surface area (TPSA) is 73.8 Å². The van der Waals surface area contributed by atoms with E-state index in [4.69, 9.17) is 36.7 Å². The second-order valence-electron chi connectivity index (χ2n) is 33.7. The van der Waals surface area contributed by atoms with Gasteiger partial charge in [0, 0.05) is 84.4 Å². The van der Waals surface area contributed by atoms with Crippen LogP contribution in [-0.4, -0.2) is 61.7 Å². The molecular weight excluding hydrogens is 1610 g/mol. The lowest BCUT2D eigenvalue weighted by Crippen LogP contribution is -2.50. The molecule has 0 spiro atoms. The third-order valence-corrected chi connectivity index (χ3v) is 39.5. The Morgan fingerprint density at radius 1 is 0.151 bits per heavy atom. The summed E-state index contributed by atoms with van der Waals surface area (Å²) in [6.45, 7) is 0. The highest BCUT2D eigenvalue weighted by Gasteiger charge is 2.45. The number of rotatable bonds is 41. The van der Waals surface area contributed by atoms with Gasteiger partial charge in [0.25, 0.3) is 33.3 Å². The molecule has 0 bridgehead atoms.